The first-order valence-corrected chi connectivity index (χ1v) is 6.51. The number of aliphatic hydroxyl groups excluding tert-OH is 2. The predicted molar refractivity (Wildman–Crippen MR) is 69.0 cm³/mol. The number of rotatable bonds is 9. The molecule has 0 radical (unpaired) electrons. The summed E-state index contributed by atoms with van der Waals surface area (Å²) < 4.78 is 10.1. The summed E-state index contributed by atoms with van der Waals surface area (Å²) in [6.07, 6.45) is -1.04. The molecule has 1 aromatic heterocycles. The Morgan fingerprint density at radius 2 is 2.30 bits per heavy atom. The van der Waals surface area contributed by atoms with Crippen LogP contribution in [0.1, 0.15) is 24.7 Å². The molecular weight excluding hydrogens is 290 g/mol. The molecule has 20 heavy (non-hydrogen) atoms. The minimum absolute atomic E-state index is 0.162. The fraction of sp³-hybridized carbons (Fsp3) is 0.667. The van der Waals surface area contributed by atoms with Gasteiger partial charge in [-0.05, 0) is 6.92 Å². The van der Waals surface area contributed by atoms with Crippen LogP contribution in [0.15, 0.2) is 4.52 Å². The van der Waals surface area contributed by atoms with E-state index in [4.69, 9.17) is 20.5 Å². The van der Waals surface area contributed by atoms with Crippen molar-refractivity contribution in [1.82, 2.24) is 19.6 Å². The molecule has 0 aromatic carbocycles. The third-order valence-electron chi connectivity index (χ3n) is 2.24. The standard InChI is InChI=1S/C9H17N5O5S/c1-4(16)7(9(17)18)14-20-11-2-6-12-8(13-19-6)5(10)3-15/h4-5,7,11,14-16H,2-3,10H2,1H3,(H,17,18). The molecule has 0 amide bonds. The highest BCUT2D eigenvalue weighted by molar-refractivity contribution is 7.95. The van der Waals surface area contributed by atoms with Crippen LogP contribution >= 0.6 is 12.1 Å². The van der Waals surface area contributed by atoms with Gasteiger partial charge in [0, 0.05) is 12.1 Å². The van der Waals surface area contributed by atoms with Gasteiger partial charge in [-0.2, -0.15) is 4.98 Å². The van der Waals surface area contributed by atoms with E-state index in [0.717, 1.165) is 12.1 Å². The van der Waals surface area contributed by atoms with Crippen molar-refractivity contribution in [3.8, 4) is 0 Å². The van der Waals surface area contributed by atoms with Gasteiger partial charge in [-0.1, -0.05) is 5.16 Å². The van der Waals surface area contributed by atoms with Crippen LogP contribution in [-0.4, -0.2) is 50.2 Å². The molecule has 0 fully saturated rings. The van der Waals surface area contributed by atoms with Crippen LogP contribution < -0.4 is 15.2 Å². The lowest BCUT2D eigenvalue weighted by Gasteiger charge is -2.15. The summed E-state index contributed by atoms with van der Waals surface area (Å²) in [6, 6.07) is -1.81. The number of aromatic nitrogens is 2. The minimum Gasteiger partial charge on any atom is -0.480 e. The second kappa shape index (κ2) is 8.14. The van der Waals surface area contributed by atoms with Crippen molar-refractivity contribution in [1.29, 1.82) is 0 Å². The maximum atomic E-state index is 10.8. The molecule has 1 heterocycles. The van der Waals surface area contributed by atoms with E-state index < -0.39 is 24.2 Å². The number of nitrogens with zero attached hydrogens (tertiary/aromatic N) is 2. The van der Waals surface area contributed by atoms with Gasteiger partial charge in [-0.3, -0.25) is 4.79 Å². The van der Waals surface area contributed by atoms with Crippen LogP contribution in [0, 0.1) is 0 Å². The van der Waals surface area contributed by atoms with Gasteiger partial charge in [-0.15, -0.1) is 0 Å². The number of aliphatic carboxylic acids is 1. The van der Waals surface area contributed by atoms with Gasteiger partial charge in [0.25, 0.3) is 0 Å². The largest absolute Gasteiger partial charge is 0.480 e. The Morgan fingerprint density at radius 3 is 2.85 bits per heavy atom. The highest BCUT2D eigenvalue weighted by Crippen LogP contribution is 2.06. The van der Waals surface area contributed by atoms with Gasteiger partial charge in [0.15, 0.2) is 5.82 Å². The Labute approximate surface area is 119 Å². The Morgan fingerprint density at radius 1 is 1.60 bits per heavy atom. The maximum absolute atomic E-state index is 10.8. The molecule has 0 bridgehead atoms. The monoisotopic (exact) mass is 307 g/mol. The first-order chi connectivity index (χ1) is 9.45. The highest BCUT2D eigenvalue weighted by Gasteiger charge is 2.22. The van der Waals surface area contributed by atoms with Crippen LogP contribution in [0.3, 0.4) is 0 Å². The van der Waals surface area contributed by atoms with Gasteiger partial charge < -0.3 is 25.6 Å². The van der Waals surface area contributed by atoms with E-state index in [2.05, 4.69) is 19.6 Å². The van der Waals surface area contributed by atoms with Crippen molar-refractivity contribution < 1.29 is 24.6 Å². The Hall–Kier alpha value is -1.24. The summed E-state index contributed by atoms with van der Waals surface area (Å²) in [5.41, 5.74) is 5.50. The molecule has 10 nitrogen and oxygen atoms in total. The molecule has 11 heteroatoms. The van der Waals surface area contributed by atoms with E-state index >= 15 is 0 Å². The van der Waals surface area contributed by atoms with Crippen molar-refractivity contribution >= 4 is 18.1 Å². The van der Waals surface area contributed by atoms with Gasteiger partial charge in [0.2, 0.25) is 5.89 Å². The Bertz CT molecular complexity index is 429. The van der Waals surface area contributed by atoms with Crippen LogP contribution in [0.4, 0.5) is 0 Å². The van der Waals surface area contributed by atoms with Gasteiger partial charge in [0.05, 0.1) is 25.3 Å². The topological polar surface area (TPSA) is 167 Å². The smallest absolute Gasteiger partial charge is 0.324 e. The molecule has 7 N–H and O–H groups in total. The molecule has 0 spiro atoms. The molecule has 3 unspecified atom stereocenters. The molecule has 114 valence electrons. The molecule has 1 aromatic rings. The SMILES string of the molecule is CC(O)C(NSNCc1nc(C(N)CO)no1)C(=O)O. The first-order valence-electron chi connectivity index (χ1n) is 5.69. The minimum atomic E-state index is -1.16. The molecule has 0 saturated heterocycles. The second-order valence-electron chi connectivity index (χ2n) is 3.93. The maximum Gasteiger partial charge on any atom is 0.324 e. The number of carboxylic acids is 1. The predicted octanol–water partition coefficient (Wildman–Crippen LogP) is -1.86. The number of aliphatic hydroxyl groups is 2. The van der Waals surface area contributed by atoms with E-state index in [1.54, 1.807) is 0 Å². The van der Waals surface area contributed by atoms with Crippen molar-refractivity contribution in [2.24, 2.45) is 5.73 Å². The highest BCUT2D eigenvalue weighted by atomic mass is 32.2. The number of carboxylic acid groups (broad SMARTS) is 1. The summed E-state index contributed by atoms with van der Waals surface area (Å²) in [5.74, 6) is -0.736. The molecule has 0 aliphatic carbocycles. The Kier molecular flexibility index (Phi) is 6.84. The third kappa shape index (κ3) is 5.03. The fourth-order valence-corrected chi connectivity index (χ4v) is 1.83. The molecule has 1 rings (SSSR count). The van der Waals surface area contributed by atoms with E-state index in [0.29, 0.717) is 0 Å². The number of nitrogens with one attached hydrogen (secondary N) is 2. The molecule has 0 saturated carbocycles. The van der Waals surface area contributed by atoms with E-state index in [9.17, 15) is 9.90 Å². The van der Waals surface area contributed by atoms with Crippen LogP contribution in [0.25, 0.3) is 0 Å². The van der Waals surface area contributed by atoms with Crippen molar-refractivity contribution in [3.63, 3.8) is 0 Å². The normalized spacial score (nSPS) is 15.8. The average molecular weight is 307 g/mol. The lowest BCUT2D eigenvalue weighted by Crippen LogP contribution is -2.42. The number of nitrogens with two attached hydrogens (primary N) is 1. The zero-order valence-corrected chi connectivity index (χ0v) is 11.5. The lowest BCUT2D eigenvalue weighted by atomic mass is 10.2. The second-order valence-corrected chi connectivity index (χ2v) is 4.66. The fourth-order valence-electron chi connectivity index (χ4n) is 1.13. The van der Waals surface area contributed by atoms with Crippen LogP contribution in [0.5, 0.6) is 0 Å². The quantitative estimate of drug-likeness (QED) is 0.223. The number of hydrogen-bond donors (Lipinski definition) is 6. The lowest BCUT2D eigenvalue weighted by molar-refractivity contribution is -0.141. The summed E-state index contributed by atoms with van der Waals surface area (Å²) >= 11 is 0.887. The molecular formula is C9H17N5O5S. The summed E-state index contributed by atoms with van der Waals surface area (Å²) in [4.78, 5) is 14.7. The van der Waals surface area contributed by atoms with E-state index in [1.807, 2.05) is 0 Å². The first kappa shape index (κ1) is 16.8. The zero-order valence-electron chi connectivity index (χ0n) is 10.7. The van der Waals surface area contributed by atoms with Gasteiger partial charge in [0.1, 0.15) is 6.04 Å². The summed E-state index contributed by atoms with van der Waals surface area (Å²) in [7, 11) is 0. The van der Waals surface area contributed by atoms with Gasteiger partial charge >= 0.3 is 5.97 Å². The summed E-state index contributed by atoms with van der Waals surface area (Å²) in [5, 5.41) is 30.4. The number of carbonyl (C=O) groups is 1. The van der Waals surface area contributed by atoms with Crippen molar-refractivity contribution in [3.05, 3.63) is 11.7 Å². The average Bonchev–Trinajstić information content (AvgIpc) is 2.85. The summed E-state index contributed by atoms with van der Waals surface area (Å²) in [6.45, 7) is 1.24. The number of hydrogen-bond acceptors (Lipinski definition) is 10. The Balaban J connectivity index is 2.34. The van der Waals surface area contributed by atoms with Crippen LogP contribution in [0.2, 0.25) is 0 Å². The molecule has 0 aliphatic rings. The van der Waals surface area contributed by atoms with Gasteiger partial charge in [-0.25, -0.2) is 9.44 Å². The molecule has 0 aliphatic heterocycles. The van der Waals surface area contributed by atoms with E-state index in [-0.39, 0.29) is 24.9 Å². The third-order valence-corrected chi connectivity index (χ3v) is 2.90. The van der Waals surface area contributed by atoms with Crippen LogP contribution in [-0.2, 0) is 11.3 Å². The van der Waals surface area contributed by atoms with Crippen molar-refractivity contribution in [2.75, 3.05) is 6.61 Å². The van der Waals surface area contributed by atoms with Crippen molar-refractivity contribution in [2.45, 2.75) is 31.7 Å². The molecule has 3 atom stereocenters. The van der Waals surface area contributed by atoms with E-state index in [1.165, 1.54) is 6.92 Å². The zero-order chi connectivity index (χ0) is 15.1.